The van der Waals surface area contributed by atoms with Gasteiger partial charge in [0, 0.05) is 36.0 Å². The van der Waals surface area contributed by atoms with Crippen molar-refractivity contribution in [1.82, 2.24) is 15.2 Å². The Morgan fingerprint density at radius 2 is 2.00 bits per heavy atom. The highest BCUT2D eigenvalue weighted by molar-refractivity contribution is 9.10. The van der Waals surface area contributed by atoms with Gasteiger partial charge in [0.25, 0.3) is 11.8 Å². The van der Waals surface area contributed by atoms with Crippen molar-refractivity contribution in [3.8, 4) is 0 Å². The van der Waals surface area contributed by atoms with Crippen molar-refractivity contribution in [1.29, 1.82) is 0 Å². The van der Waals surface area contributed by atoms with E-state index in [1.807, 2.05) is 0 Å². The highest BCUT2D eigenvalue weighted by Crippen LogP contribution is 2.24. The zero-order valence-corrected chi connectivity index (χ0v) is 15.8. The van der Waals surface area contributed by atoms with Gasteiger partial charge >= 0.3 is 0 Å². The van der Waals surface area contributed by atoms with Gasteiger partial charge < -0.3 is 10.2 Å². The van der Waals surface area contributed by atoms with Gasteiger partial charge in [-0.2, -0.15) is 0 Å². The molecule has 1 aliphatic heterocycles. The van der Waals surface area contributed by atoms with Crippen molar-refractivity contribution in [3.05, 3.63) is 63.3 Å². The Morgan fingerprint density at radius 3 is 2.68 bits per heavy atom. The van der Waals surface area contributed by atoms with E-state index in [2.05, 4.69) is 26.2 Å². The molecule has 0 aliphatic carbocycles. The van der Waals surface area contributed by atoms with Crippen molar-refractivity contribution < 1.29 is 9.59 Å². The fourth-order valence-electron chi connectivity index (χ4n) is 2.82. The Bertz CT molecular complexity index is 777. The molecule has 1 saturated heterocycles. The van der Waals surface area contributed by atoms with Gasteiger partial charge in [-0.25, -0.2) is 0 Å². The van der Waals surface area contributed by atoms with Crippen molar-refractivity contribution in [2.75, 3.05) is 13.1 Å². The molecular formula is C18H17BrClN3O2. The third-order valence-electron chi connectivity index (χ3n) is 4.20. The summed E-state index contributed by atoms with van der Waals surface area (Å²) in [5, 5.41) is 3.45. The van der Waals surface area contributed by atoms with E-state index in [1.54, 1.807) is 47.6 Å². The Labute approximate surface area is 159 Å². The molecule has 25 heavy (non-hydrogen) atoms. The predicted molar refractivity (Wildman–Crippen MR) is 99.8 cm³/mol. The summed E-state index contributed by atoms with van der Waals surface area (Å²) in [6.45, 7) is 1.17. The molecule has 0 saturated carbocycles. The second-order valence-corrected chi connectivity index (χ2v) is 7.23. The molecular weight excluding hydrogens is 406 g/mol. The Morgan fingerprint density at radius 1 is 1.24 bits per heavy atom. The molecule has 0 spiro atoms. The minimum Gasteiger partial charge on any atom is -0.349 e. The molecule has 1 N–H and O–H groups in total. The van der Waals surface area contributed by atoms with E-state index in [-0.39, 0.29) is 17.9 Å². The number of carbonyl (C=O) groups excluding carboxylic acids is 2. The Hall–Kier alpha value is -1.92. The number of benzene rings is 1. The molecule has 1 aromatic heterocycles. The SMILES string of the molecule is O=C(NC1CCN(C(=O)c2cc(Br)ccc2Cl)CC1)c1cccnc1. The summed E-state index contributed by atoms with van der Waals surface area (Å²) in [6, 6.07) is 8.77. The first-order valence-corrected chi connectivity index (χ1v) is 9.17. The quantitative estimate of drug-likeness (QED) is 0.823. The number of carbonyl (C=O) groups is 2. The molecule has 2 aromatic rings. The van der Waals surface area contributed by atoms with Crippen LogP contribution in [0.1, 0.15) is 33.6 Å². The number of piperidine rings is 1. The van der Waals surface area contributed by atoms with E-state index in [1.165, 1.54) is 0 Å². The van der Waals surface area contributed by atoms with Crippen LogP contribution in [0.3, 0.4) is 0 Å². The lowest BCUT2D eigenvalue weighted by molar-refractivity contribution is 0.0698. The first-order chi connectivity index (χ1) is 12.0. The van der Waals surface area contributed by atoms with Crippen LogP contribution in [0.25, 0.3) is 0 Å². The van der Waals surface area contributed by atoms with Gasteiger partial charge in [0.1, 0.15) is 0 Å². The third kappa shape index (κ3) is 4.38. The lowest BCUT2D eigenvalue weighted by Gasteiger charge is -2.32. The average Bonchev–Trinajstić information content (AvgIpc) is 2.64. The number of nitrogens with one attached hydrogen (secondary N) is 1. The maximum absolute atomic E-state index is 12.6. The van der Waals surface area contributed by atoms with Gasteiger partial charge in [-0.05, 0) is 43.2 Å². The van der Waals surface area contributed by atoms with E-state index in [0.717, 1.165) is 4.47 Å². The fourth-order valence-corrected chi connectivity index (χ4v) is 3.38. The summed E-state index contributed by atoms with van der Waals surface area (Å²) in [6.07, 6.45) is 4.60. The van der Waals surface area contributed by atoms with E-state index in [9.17, 15) is 9.59 Å². The fraction of sp³-hybridized carbons (Fsp3) is 0.278. The minimum atomic E-state index is -0.132. The number of nitrogens with zero attached hydrogens (tertiary/aromatic N) is 2. The van der Waals surface area contributed by atoms with E-state index in [0.29, 0.717) is 42.1 Å². The van der Waals surface area contributed by atoms with Gasteiger partial charge in [0.15, 0.2) is 0 Å². The predicted octanol–water partition coefficient (Wildman–Crippen LogP) is 3.53. The second-order valence-electron chi connectivity index (χ2n) is 5.91. The smallest absolute Gasteiger partial charge is 0.255 e. The minimum absolute atomic E-state index is 0.0507. The highest BCUT2D eigenvalue weighted by atomic mass is 79.9. The zero-order chi connectivity index (χ0) is 17.8. The summed E-state index contributed by atoms with van der Waals surface area (Å²) in [4.78, 5) is 30.6. The number of hydrogen-bond acceptors (Lipinski definition) is 3. The molecule has 0 atom stereocenters. The van der Waals surface area contributed by atoms with Crippen LogP contribution in [-0.2, 0) is 0 Å². The van der Waals surface area contributed by atoms with Gasteiger partial charge in [0.05, 0.1) is 16.1 Å². The Balaban J connectivity index is 1.57. The summed E-state index contributed by atoms with van der Waals surface area (Å²) < 4.78 is 0.818. The number of pyridine rings is 1. The number of halogens is 2. The molecule has 3 rings (SSSR count). The van der Waals surface area contributed by atoms with Gasteiger partial charge in [-0.1, -0.05) is 27.5 Å². The molecule has 0 radical (unpaired) electrons. The summed E-state index contributed by atoms with van der Waals surface area (Å²) in [7, 11) is 0. The molecule has 130 valence electrons. The van der Waals surface area contributed by atoms with Gasteiger partial charge in [-0.3, -0.25) is 14.6 Å². The average molecular weight is 423 g/mol. The van der Waals surface area contributed by atoms with Crippen molar-refractivity contribution in [2.24, 2.45) is 0 Å². The maximum Gasteiger partial charge on any atom is 0.255 e. The first-order valence-electron chi connectivity index (χ1n) is 8.00. The molecule has 0 bridgehead atoms. The standard InChI is InChI=1S/C18H17BrClN3O2/c19-13-3-4-16(20)15(10-13)18(25)23-8-5-14(6-9-23)22-17(24)12-2-1-7-21-11-12/h1-4,7,10-11,14H,5-6,8-9H2,(H,22,24). The van der Waals surface area contributed by atoms with Crippen molar-refractivity contribution >= 4 is 39.3 Å². The number of aromatic nitrogens is 1. The van der Waals surface area contributed by atoms with Crippen LogP contribution in [0.2, 0.25) is 5.02 Å². The van der Waals surface area contributed by atoms with Crippen molar-refractivity contribution in [2.45, 2.75) is 18.9 Å². The summed E-state index contributed by atoms with van der Waals surface area (Å²) in [5.41, 5.74) is 1.04. The monoisotopic (exact) mass is 421 g/mol. The van der Waals surface area contributed by atoms with Crippen LogP contribution < -0.4 is 5.32 Å². The molecule has 1 aromatic carbocycles. The van der Waals surface area contributed by atoms with Crippen LogP contribution in [-0.4, -0.2) is 40.8 Å². The van der Waals surface area contributed by atoms with E-state index < -0.39 is 0 Å². The summed E-state index contributed by atoms with van der Waals surface area (Å²) in [5.74, 6) is -0.212. The normalized spacial score (nSPS) is 15.0. The van der Waals surface area contributed by atoms with Gasteiger partial charge in [0.2, 0.25) is 0 Å². The molecule has 7 heteroatoms. The van der Waals surface area contributed by atoms with Crippen LogP contribution in [0.4, 0.5) is 0 Å². The highest BCUT2D eigenvalue weighted by Gasteiger charge is 2.26. The lowest BCUT2D eigenvalue weighted by atomic mass is 10.0. The summed E-state index contributed by atoms with van der Waals surface area (Å²) >= 11 is 9.51. The molecule has 0 unspecified atom stereocenters. The molecule has 2 amide bonds. The van der Waals surface area contributed by atoms with Gasteiger partial charge in [-0.15, -0.1) is 0 Å². The maximum atomic E-state index is 12.6. The Kier molecular flexibility index (Phi) is 5.71. The van der Waals surface area contributed by atoms with E-state index >= 15 is 0 Å². The van der Waals surface area contributed by atoms with Crippen LogP contribution in [0, 0.1) is 0 Å². The molecule has 2 heterocycles. The number of amides is 2. The largest absolute Gasteiger partial charge is 0.349 e. The van der Waals surface area contributed by atoms with Crippen LogP contribution in [0.5, 0.6) is 0 Å². The third-order valence-corrected chi connectivity index (χ3v) is 5.02. The number of rotatable bonds is 3. The van der Waals surface area contributed by atoms with E-state index in [4.69, 9.17) is 11.6 Å². The number of likely N-dealkylation sites (tertiary alicyclic amines) is 1. The molecule has 1 aliphatic rings. The molecule has 5 nitrogen and oxygen atoms in total. The first kappa shape index (κ1) is 17.9. The molecule has 1 fully saturated rings. The lowest BCUT2D eigenvalue weighted by Crippen LogP contribution is -2.46. The topological polar surface area (TPSA) is 62.3 Å². The van der Waals surface area contributed by atoms with Crippen molar-refractivity contribution in [3.63, 3.8) is 0 Å². The second kappa shape index (κ2) is 7.97. The zero-order valence-electron chi connectivity index (χ0n) is 13.4. The van der Waals surface area contributed by atoms with Crippen LogP contribution in [0.15, 0.2) is 47.2 Å². The van der Waals surface area contributed by atoms with Crippen LogP contribution >= 0.6 is 27.5 Å². The number of hydrogen-bond donors (Lipinski definition) is 1.